The first kappa shape index (κ1) is 16.2. The zero-order valence-electron chi connectivity index (χ0n) is 12.4. The van der Waals surface area contributed by atoms with E-state index in [-0.39, 0.29) is 11.9 Å². The standard InChI is InChI=1S/C16H21BrFN3/c1-3-8-19-15(6-7-16-20-9-10-21(16)2)13-5-4-12(18)11-14(13)17/h4-5,9-11,15,19H,3,6-8H2,1-2H3. The Morgan fingerprint density at radius 2 is 2.24 bits per heavy atom. The molecule has 0 aliphatic rings. The van der Waals surface area contributed by atoms with E-state index >= 15 is 0 Å². The molecule has 5 heteroatoms. The summed E-state index contributed by atoms with van der Waals surface area (Å²) in [6.45, 7) is 3.08. The SMILES string of the molecule is CCCNC(CCc1nccn1C)c1ccc(F)cc1Br. The Hall–Kier alpha value is -1.20. The highest BCUT2D eigenvalue weighted by atomic mass is 79.9. The number of halogens is 2. The van der Waals surface area contributed by atoms with Crippen LogP contribution in [0, 0.1) is 5.82 Å². The fourth-order valence-corrected chi connectivity index (χ4v) is 3.01. The first-order valence-electron chi connectivity index (χ1n) is 7.26. The van der Waals surface area contributed by atoms with Gasteiger partial charge in [0.25, 0.3) is 0 Å². The number of hydrogen-bond acceptors (Lipinski definition) is 2. The first-order chi connectivity index (χ1) is 10.1. The molecule has 3 nitrogen and oxygen atoms in total. The maximum absolute atomic E-state index is 13.3. The molecule has 0 saturated carbocycles. The lowest BCUT2D eigenvalue weighted by Crippen LogP contribution is -2.23. The van der Waals surface area contributed by atoms with E-state index in [1.165, 1.54) is 12.1 Å². The van der Waals surface area contributed by atoms with Gasteiger partial charge < -0.3 is 9.88 Å². The summed E-state index contributed by atoms with van der Waals surface area (Å²) in [5.74, 6) is 0.848. The number of nitrogens with one attached hydrogen (secondary N) is 1. The average Bonchev–Trinajstić information content (AvgIpc) is 2.85. The Bertz CT molecular complexity index is 583. The second-order valence-corrected chi connectivity index (χ2v) is 6.02. The van der Waals surface area contributed by atoms with Crippen molar-refractivity contribution >= 4 is 15.9 Å². The summed E-state index contributed by atoms with van der Waals surface area (Å²) >= 11 is 3.47. The van der Waals surface area contributed by atoms with Gasteiger partial charge in [0.1, 0.15) is 11.6 Å². The van der Waals surface area contributed by atoms with Gasteiger partial charge in [-0.25, -0.2) is 9.37 Å². The van der Waals surface area contributed by atoms with Gasteiger partial charge in [0, 0.05) is 36.4 Å². The number of aromatic nitrogens is 2. The van der Waals surface area contributed by atoms with E-state index < -0.39 is 0 Å². The van der Waals surface area contributed by atoms with E-state index in [1.807, 2.05) is 30.1 Å². The predicted molar refractivity (Wildman–Crippen MR) is 86.7 cm³/mol. The molecular formula is C16H21BrFN3. The molecule has 2 aromatic rings. The highest BCUT2D eigenvalue weighted by Crippen LogP contribution is 2.27. The van der Waals surface area contributed by atoms with E-state index in [1.54, 1.807) is 0 Å². The molecule has 1 N–H and O–H groups in total. The monoisotopic (exact) mass is 353 g/mol. The van der Waals surface area contributed by atoms with Gasteiger partial charge in [0.15, 0.2) is 0 Å². The molecule has 2 rings (SSSR count). The van der Waals surface area contributed by atoms with Gasteiger partial charge in [-0.05, 0) is 37.1 Å². The molecule has 21 heavy (non-hydrogen) atoms. The summed E-state index contributed by atoms with van der Waals surface area (Å²) in [6.07, 6.45) is 6.65. The highest BCUT2D eigenvalue weighted by molar-refractivity contribution is 9.10. The molecule has 1 atom stereocenters. The number of nitrogens with zero attached hydrogens (tertiary/aromatic N) is 2. The fourth-order valence-electron chi connectivity index (χ4n) is 2.38. The van der Waals surface area contributed by atoms with Gasteiger partial charge in [0.2, 0.25) is 0 Å². The van der Waals surface area contributed by atoms with Crippen LogP contribution in [0.25, 0.3) is 0 Å². The zero-order chi connectivity index (χ0) is 15.2. The van der Waals surface area contributed by atoms with Gasteiger partial charge >= 0.3 is 0 Å². The summed E-state index contributed by atoms with van der Waals surface area (Å²) in [4.78, 5) is 4.36. The molecule has 0 aliphatic heterocycles. The third kappa shape index (κ3) is 4.38. The Balaban J connectivity index is 2.12. The van der Waals surface area contributed by atoms with Gasteiger partial charge in [0.05, 0.1) is 0 Å². The van der Waals surface area contributed by atoms with E-state index in [0.717, 1.165) is 41.7 Å². The predicted octanol–water partition coefficient (Wildman–Crippen LogP) is 4.00. The maximum atomic E-state index is 13.3. The van der Waals surface area contributed by atoms with E-state index in [2.05, 4.69) is 33.2 Å². The summed E-state index contributed by atoms with van der Waals surface area (Å²) in [5, 5.41) is 3.54. The third-order valence-corrected chi connectivity index (χ3v) is 4.24. The summed E-state index contributed by atoms with van der Waals surface area (Å²) in [5.41, 5.74) is 1.10. The fraction of sp³-hybridized carbons (Fsp3) is 0.438. The smallest absolute Gasteiger partial charge is 0.124 e. The topological polar surface area (TPSA) is 29.9 Å². The van der Waals surface area contributed by atoms with Crippen LogP contribution in [0.3, 0.4) is 0 Å². The Morgan fingerprint density at radius 3 is 2.86 bits per heavy atom. The second-order valence-electron chi connectivity index (χ2n) is 5.17. The number of rotatable bonds is 7. The number of aryl methyl sites for hydroxylation is 2. The Labute approximate surface area is 133 Å². The Morgan fingerprint density at radius 1 is 1.43 bits per heavy atom. The lowest BCUT2D eigenvalue weighted by atomic mass is 10.0. The van der Waals surface area contributed by atoms with Crippen molar-refractivity contribution in [3.63, 3.8) is 0 Å². The molecule has 1 aromatic carbocycles. The van der Waals surface area contributed by atoms with Crippen molar-refractivity contribution in [1.29, 1.82) is 0 Å². The molecule has 0 aliphatic carbocycles. The minimum Gasteiger partial charge on any atom is -0.338 e. The number of hydrogen-bond donors (Lipinski definition) is 1. The van der Waals surface area contributed by atoms with Crippen LogP contribution in [0.2, 0.25) is 0 Å². The number of imidazole rings is 1. The molecule has 0 fully saturated rings. The molecule has 1 unspecified atom stereocenters. The summed E-state index contributed by atoms with van der Waals surface area (Å²) in [6, 6.07) is 5.08. The zero-order valence-corrected chi connectivity index (χ0v) is 14.0. The summed E-state index contributed by atoms with van der Waals surface area (Å²) < 4.78 is 16.1. The lowest BCUT2D eigenvalue weighted by molar-refractivity contribution is 0.488. The second kappa shape index (κ2) is 7.71. The largest absolute Gasteiger partial charge is 0.338 e. The van der Waals surface area contributed by atoms with Crippen molar-refractivity contribution in [1.82, 2.24) is 14.9 Å². The lowest BCUT2D eigenvalue weighted by Gasteiger charge is -2.20. The van der Waals surface area contributed by atoms with Crippen LogP contribution in [0.4, 0.5) is 4.39 Å². The average molecular weight is 354 g/mol. The van der Waals surface area contributed by atoms with Crippen LogP contribution in [0.5, 0.6) is 0 Å². The van der Waals surface area contributed by atoms with Crippen molar-refractivity contribution in [2.45, 2.75) is 32.2 Å². The minimum atomic E-state index is -0.219. The van der Waals surface area contributed by atoms with Crippen LogP contribution in [0.15, 0.2) is 35.1 Å². The molecule has 1 heterocycles. The van der Waals surface area contributed by atoms with Gasteiger partial charge in [-0.2, -0.15) is 0 Å². The molecular weight excluding hydrogens is 333 g/mol. The molecule has 0 amide bonds. The number of benzene rings is 1. The van der Waals surface area contributed by atoms with Crippen molar-refractivity contribution in [3.05, 3.63) is 52.3 Å². The van der Waals surface area contributed by atoms with Crippen molar-refractivity contribution in [3.8, 4) is 0 Å². The Kier molecular flexibility index (Phi) is 5.94. The van der Waals surface area contributed by atoms with Crippen LogP contribution >= 0.6 is 15.9 Å². The molecule has 1 aromatic heterocycles. The van der Waals surface area contributed by atoms with E-state index in [4.69, 9.17) is 0 Å². The van der Waals surface area contributed by atoms with Gasteiger partial charge in [-0.1, -0.05) is 28.9 Å². The van der Waals surface area contributed by atoms with Crippen molar-refractivity contribution in [2.24, 2.45) is 7.05 Å². The molecule has 0 spiro atoms. The van der Waals surface area contributed by atoms with Gasteiger partial charge in [-0.15, -0.1) is 0 Å². The molecule has 114 valence electrons. The normalized spacial score (nSPS) is 12.6. The summed E-state index contributed by atoms with van der Waals surface area (Å²) in [7, 11) is 2.00. The first-order valence-corrected chi connectivity index (χ1v) is 8.05. The van der Waals surface area contributed by atoms with Crippen LogP contribution in [0.1, 0.15) is 37.2 Å². The van der Waals surface area contributed by atoms with Crippen molar-refractivity contribution < 1.29 is 4.39 Å². The van der Waals surface area contributed by atoms with Gasteiger partial charge in [-0.3, -0.25) is 0 Å². The molecule has 0 saturated heterocycles. The van der Waals surface area contributed by atoms with Crippen LogP contribution in [-0.4, -0.2) is 16.1 Å². The van der Waals surface area contributed by atoms with E-state index in [0.29, 0.717) is 0 Å². The van der Waals surface area contributed by atoms with Crippen LogP contribution in [-0.2, 0) is 13.5 Å². The van der Waals surface area contributed by atoms with Crippen molar-refractivity contribution in [2.75, 3.05) is 6.54 Å². The molecule has 0 bridgehead atoms. The minimum absolute atomic E-state index is 0.191. The third-order valence-electron chi connectivity index (χ3n) is 3.56. The quantitative estimate of drug-likeness (QED) is 0.815. The van der Waals surface area contributed by atoms with E-state index in [9.17, 15) is 4.39 Å². The highest BCUT2D eigenvalue weighted by Gasteiger charge is 2.15. The molecule has 0 radical (unpaired) electrons. The van der Waals surface area contributed by atoms with Crippen LogP contribution < -0.4 is 5.32 Å². The maximum Gasteiger partial charge on any atom is 0.124 e.